The molecule has 11 aromatic rings. The van der Waals surface area contributed by atoms with Crippen molar-refractivity contribution in [3.63, 3.8) is 0 Å². The lowest BCUT2D eigenvalue weighted by atomic mass is 9.76. The fraction of sp³-hybridized carbons (Fsp3) is 0.0508. The first-order chi connectivity index (χ1) is 31.7. The Morgan fingerprint density at radius 2 is 1.27 bits per heavy atom. The van der Waals surface area contributed by atoms with Crippen LogP contribution in [0.3, 0.4) is 0 Å². The molecule has 1 aliphatic carbocycles. The maximum absolute atomic E-state index is 6.75. The third kappa shape index (κ3) is 6.04. The molecule has 0 amide bonds. The molecule has 0 spiro atoms. The van der Waals surface area contributed by atoms with Crippen molar-refractivity contribution in [2.45, 2.75) is 18.4 Å². The first-order valence-corrected chi connectivity index (χ1v) is 22.8. The van der Waals surface area contributed by atoms with Crippen molar-refractivity contribution in [2.75, 3.05) is 5.32 Å². The van der Waals surface area contributed by atoms with Gasteiger partial charge in [-0.3, -0.25) is 0 Å². The van der Waals surface area contributed by atoms with Gasteiger partial charge in [0.25, 0.3) is 0 Å². The fourth-order valence-corrected chi connectivity index (χ4v) is 11.3. The lowest BCUT2D eigenvalue weighted by molar-refractivity contribution is 0.667. The molecule has 302 valence electrons. The zero-order valence-electron chi connectivity index (χ0n) is 34.7. The SMILES string of the molecule is C1=CC(c2c3c(cc4oc5ccccc5c24)C(c2ccc(-c4cc(-c5cccc6c5sc5ccccc56)nc(-c5ccccc5)n4)cc2)Nc2ccccc2-3)CC=C1c1ccccc1. The Balaban J connectivity index is 0.949. The van der Waals surface area contributed by atoms with E-state index in [0.717, 1.165) is 56.7 Å². The summed E-state index contributed by atoms with van der Waals surface area (Å²) in [6, 6.07) is 66.8. The molecular weight excluding hydrogens is 799 g/mol. The smallest absolute Gasteiger partial charge is 0.160 e. The van der Waals surface area contributed by atoms with Gasteiger partial charge in [0.1, 0.15) is 11.2 Å². The maximum atomic E-state index is 6.75. The highest BCUT2D eigenvalue weighted by molar-refractivity contribution is 7.26. The second kappa shape index (κ2) is 14.9. The van der Waals surface area contributed by atoms with Crippen LogP contribution >= 0.6 is 11.3 Å². The van der Waals surface area contributed by atoms with E-state index >= 15 is 0 Å². The van der Waals surface area contributed by atoms with Gasteiger partial charge in [-0.15, -0.1) is 11.3 Å². The predicted molar refractivity (Wildman–Crippen MR) is 267 cm³/mol. The van der Waals surface area contributed by atoms with Gasteiger partial charge in [-0.1, -0.05) is 176 Å². The van der Waals surface area contributed by atoms with Gasteiger partial charge in [0, 0.05) is 64.8 Å². The van der Waals surface area contributed by atoms with E-state index in [2.05, 4.69) is 193 Å². The lowest BCUT2D eigenvalue weighted by Crippen LogP contribution is -2.20. The Hall–Kier alpha value is -7.86. The zero-order chi connectivity index (χ0) is 42.1. The average molecular weight is 838 g/mol. The maximum Gasteiger partial charge on any atom is 0.160 e. The molecule has 0 saturated heterocycles. The van der Waals surface area contributed by atoms with Crippen molar-refractivity contribution >= 4 is 64.7 Å². The second-order valence-corrected chi connectivity index (χ2v) is 17.9. The average Bonchev–Trinajstić information content (AvgIpc) is 3.94. The largest absolute Gasteiger partial charge is 0.456 e. The molecular formula is C59H39N3OS. The number of aromatic nitrogens is 2. The van der Waals surface area contributed by atoms with E-state index in [-0.39, 0.29) is 12.0 Å². The molecule has 13 rings (SSSR count). The van der Waals surface area contributed by atoms with Crippen molar-refractivity contribution in [3.05, 3.63) is 229 Å². The summed E-state index contributed by atoms with van der Waals surface area (Å²) in [4.78, 5) is 10.5. The number of furan rings is 1. The van der Waals surface area contributed by atoms with E-state index in [9.17, 15) is 0 Å². The van der Waals surface area contributed by atoms with E-state index in [1.54, 1.807) is 0 Å². The van der Waals surface area contributed by atoms with Crippen molar-refractivity contribution < 1.29 is 4.42 Å². The molecule has 0 fully saturated rings. The molecule has 4 nitrogen and oxygen atoms in total. The molecule has 0 bridgehead atoms. The molecule has 0 radical (unpaired) electrons. The number of benzene rings is 8. The summed E-state index contributed by atoms with van der Waals surface area (Å²) < 4.78 is 9.26. The topological polar surface area (TPSA) is 51.0 Å². The number of para-hydroxylation sites is 2. The summed E-state index contributed by atoms with van der Waals surface area (Å²) in [6.07, 6.45) is 8.02. The van der Waals surface area contributed by atoms with Crippen molar-refractivity contribution in [3.8, 4) is 45.0 Å². The number of anilines is 1. The number of hydrogen-bond acceptors (Lipinski definition) is 5. The molecule has 3 aromatic heterocycles. The van der Waals surface area contributed by atoms with Crippen molar-refractivity contribution in [2.24, 2.45) is 0 Å². The highest BCUT2D eigenvalue weighted by Crippen LogP contribution is 2.52. The molecule has 2 atom stereocenters. The van der Waals surface area contributed by atoms with E-state index < -0.39 is 0 Å². The molecule has 0 saturated carbocycles. The van der Waals surface area contributed by atoms with E-state index in [1.807, 2.05) is 29.5 Å². The Morgan fingerprint density at radius 1 is 0.562 bits per heavy atom. The van der Waals surface area contributed by atoms with Gasteiger partial charge in [-0.2, -0.15) is 0 Å². The van der Waals surface area contributed by atoms with Crippen molar-refractivity contribution in [1.82, 2.24) is 9.97 Å². The summed E-state index contributed by atoms with van der Waals surface area (Å²) in [6.45, 7) is 0. The number of hydrogen-bond donors (Lipinski definition) is 1. The van der Waals surface area contributed by atoms with Gasteiger partial charge in [0.2, 0.25) is 0 Å². The van der Waals surface area contributed by atoms with Crippen LogP contribution in [0.15, 0.2) is 211 Å². The zero-order valence-corrected chi connectivity index (χ0v) is 35.5. The van der Waals surface area contributed by atoms with Crippen LogP contribution in [0.25, 0.3) is 92.7 Å². The van der Waals surface area contributed by atoms with Crippen LogP contribution < -0.4 is 5.32 Å². The highest BCUT2D eigenvalue weighted by atomic mass is 32.1. The third-order valence-electron chi connectivity index (χ3n) is 13.1. The predicted octanol–water partition coefficient (Wildman–Crippen LogP) is 16.1. The summed E-state index contributed by atoms with van der Waals surface area (Å²) in [5, 5.41) is 8.86. The van der Waals surface area contributed by atoms with Crippen LogP contribution in [0.1, 0.15) is 40.6 Å². The van der Waals surface area contributed by atoms with Crippen LogP contribution in [-0.4, -0.2) is 9.97 Å². The number of nitrogens with zero attached hydrogens (tertiary/aromatic N) is 2. The summed E-state index contributed by atoms with van der Waals surface area (Å²) in [7, 11) is 0. The quantitative estimate of drug-likeness (QED) is 0.181. The van der Waals surface area contributed by atoms with Crippen molar-refractivity contribution in [1.29, 1.82) is 0 Å². The Kier molecular flexibility index (Phi) is 8.56. The minimum atomic E-state index is -0.121. The Bertz CT molecular complexity index is 3680. The van der Waals surface area contributed by atoms with Crippen LogP contribution in [0.5, 0.6) is 0 Å². The van der Waals surface area contributed by atoms with Crippen LogP contribution in [-0.2, 0) is 0 Å². The number of allylic oxidation sites excluding steroid dienone is 4. The van der Waals surface area contributed by atoms with Gasteiger partial charge >= 0.3 is 0 Å². The molecule has 64 heavy (non-hydrogen) atoms. The van der Waals surface area contributed by atoms with Gasteiger partial charge in [0.05, 0.1) is 17.4 Å². The third-order valence-corrected chi connectivity index (χ3v) is 14.3. The summed E-state index contributed by atoms with van der Waals surface area (Å²) in [5.74, 6) is 0.865. The van der Waals surface area contributed by atoms with Gasteiger partial charge in [0.15, 0.2) is 5.82 Å². The minimum Gasteiger partial charge on any atom is -0.456 e. The van der Waals surface area contributed by atoms with E-state index in [4.69, 9.17) is 14.4 Å². The molecule has 2 unspecified atom stereocenters. The van der Waals surface area contributed by atoms with Crippen LogP contribution in [0.2, 0.25) is 0 Å². The Morgan fingerprint density at radius 3 is 2.09 bits per heavy atom. The number of rotatable bonds is 6. The monoisotopic (exact) mass is 837 g/mol. The number of fused-ring (bicyclic) bond motifs is 9. The first-order valence-electron chi connectivity index (χ1n) is 21.9. The minimum absolute atomic E-state index is 0.121. The normalized spacial score (nSPS) is 15.6. The summed E-state index contributed by atoms with van der Waals surface area (Å²) >= 11 is 1.82. The Labute approximate surface area is 374 Å². The molecule has 2 aliphatic rings. The molecule has 5 heteroatoms. The highest BCUT2D eigenvalue weighted by Gasteiger charge is 2.33. The molecule has 1 N–H and O–H groups in total. The van der Waals surface area contributed by atoms with Gasteiger partial charge < -0.3 is 9.73 Å². The fourth-order valence-electron chi connectivity index (χ4n) is 10.1. The van der Waals surface area contributed by atoms with Gasteiger partial charge in [-0.25, -0.2) is 9.97 Å². The number of thiophene rings is 1. The second-order valence-electron chi connectivity index (χ2n) is 16.8. The van der Waals surface area contributed by atoms with Gasteiger partial charge in [-0.05, 0) is 70.1 Å². The lowest BCUT2D eigenvalue weighted by Gasteiger charge is -2.33. The standard InChI is InChI=1S/C59H39N3OS/c1-3-14-36(15-4-1)37-26-30-39(31-27-37)54-55-44-19-7-10-23-48(44)60-57(47(55)34-52-56(54)46-20-8-11-24-51(46)63-52)40-32-28-38(29-33-40)49-35-50(62-59(61-49)41-16-5-2-6-17-41)45-22-13-21-43-42-18-9-12-25-53(42)64-58(43)45/h1-30,32-35,39,57,60H,31H2. The van der Waals surface area contributed by atoms with Crippen LogP contribution in [0.4, 0.5) is 5.69 Å². The van der Waals surface area contributed by atoms with Crippen LogP contribution in [0, 0.1) is 0 Å². The summed E-state index contributed by atoms with van der Waals surface area (Å²) in [5.41, 5.74) is 16.6. The molecule has 1 aliphatic heterocycles. The molecule has 8 aromatic carbocycles. The molecule has 4 heterocycles. The first kappa shape index (κ1) is 36.8. The van der Waals surface area contributed by atoms with E-state index in [1.165, 1.54) is 64.5 Å². The number of nitrogens with one attached hydrogen (secondary N) is 1. The van der Waals surface area contributed by atoms with E-state index in [0.29, 0.717) is 5.82 Å².